The number of hydrogen-bond acceptors (Lipinski definition) is 7. The molecule has 288 valence electrons. The molecule has 0 rings (SSSR count). The number of esters is 2. The first-order chi connectivity index (χ1) is 24.3. The molecule has 0 radical (unpaired) electrons. The topological polar surface area (TPSA) is 108 Å². The summed E-state index contributed by atoms with van der Waals surface area (Å²) in [6, 6.07) is 0. The molecule has 2 unspecified atom stereocenters. The third-order valence-corrected chi connectivity index (χ3v) is 8.87. The number of ether oxygens (including phenoxy) is 2. The molecule has 8 nitrogen and oxygen atoms in total. The second-order valence-corrected chi connectivity index (χ2v) is 14.0. The number of carbonyl (C=O) groups excluding carboxylic acids is 2. The lowest BCUT2D eigenvalue weighted by molar-refractivity contribution is -0.161. The second-order valence-electron chi connectivity index (χ2n) is 12.6. The highest BCUT2D eigenvalue weighted by Gasteiger charge is 2.25. The maximum absolute atomic E-state index is 12.5. The van der Waals surface area contributed by atoms with E-state index < -0.39 is 26.5 Å². The molecule has 0 heterocycles. The quantitative estimate of drug-likeness (QED) is 0.0298. The third-order valence-electron chi connectivity index (χ3n) is 7.81. The SMILES string of the molecule is CC/C=C\C/C=C\C/C=C\C/C=C\CCCCCCCCC(=O)OC(COC(=O)CCCCCCC/C=C\CCCC)COP(=O)(O)OCC. The molecule has 9 heteroatoms. The van der Waals surface area contributed by atoms with Gasteiger partial charge in [-0.25, -0.2) is 4.57 Å². The van der Waals surface area contributed by atoms with Gasteiger partial charge in [0.15, 0.2) is 6.10 Å². The number of allylic oxidation sites excluding steroid dienone is 10. The van der Waals surface area contributed by atoms with Crippen LogP contribution in [0.1, 0.15) is 162 Å². The molecule has 0 aliphatic rings. The van der Waals surface area contributed by atoms with Crippen molar-refractivity contribution in [2.75, 3.05) is 19.8 Å². The zero-order chi connectivity index (χ0) is 36.8. The van der Waals surface area contributed by atoms with Crippen LogP contribution in [0.3, 0.4) is 0 Å². The molecule has 0 aromatic heterocycles. The van der Waals surface area contributed by atoms with Gasteiger partial charge in [-0.15, -0.1) is 0 Å². The Balaban J connectivity index is 4.17. The van der Waals surface area contributed by atoms with Crippen LogP contribution in [0, 0.1) is 0 Å². The lowest BCUT2D eigenvalue weighted by atomic mass is 10.1. The smallest absolute Gasteiger partial charge is 0.462 e. The standard InChI is InChI=1S/C41H71O8P/c1-4-7-9-11-13-15-17-18-19-20-21-22-23-24-26-28-30-32-34-36-41(43)49-39(38-48-50(44,45)47-6-3)37-46-40(42)35-33-31-29-27-25-16-14-12-10-8-5-2/h7,9,12-15,18-19,21-22,39H,4-6,8,10-11,16-17,20,23-38H2,1-3H3,(H,44,45)/b9-7-,14-12-,15-13-,19-18-,22-21-. The summed E-state index contributed by atoms with van der Waals surface area (Å²) in [6.45, 7) is 5.27. The van der Waals surface area contributed by atoms with E-state index in [1.807, 2.05) is 0 Å². The van der Waals surface area contributed by atoms with E-state index in [0.29, 0.717) is 6.42 Å². The molecule has 0 saturated heterocycles. The number of unbranched alkanes of at least 4 members (excludes halogenated alkanes) is 13. The minimum absolute atomic E-state index is 0.00664. The van der Waals surface area contributed by atoms with Crippen molar-refractivity contribution in [1.82, 2.24) is 0 Å². The van der Waals surface area contributed by atoms with Crippen molar-refractivity contribution in [3.05, 3.63) is 60.8 Å². The summed E-state index contributed by atoms with van der Waals surface area (Å²) in [4.78, 5) is 34.6. The van der Waals surface area contributed by atoms with Crippen molar-refractivity contribution < 1.29 is 37.6 Å². The molecule has 0 spiro atoms. The maximum Gasteiger partial charge on any atom is 0.472 e. The van der Waals surface area contributed by atoms with Gasteiger partial charge in [-0.05, 0) is 77.6 Å². The summed E-state index contributed by atoms with van der Waals surface area (Å²) >= 11 is 0. The third kappa shape index (κ3) is 35.6. The first-order valence-electron chi connectivity index (χ1n) is 19.6. The van der Waals surface area contributed by atoms with E-state index in [1.165, 1.54) is 12.8 Å². The highest BCUT2D eigenvalue weighted by atomic mass is 31.2. The van der Waals surface area contributed by atoms with E-state index in [1.54, 1.807) is 6.92 Å². The van der Waals surface area contributed by atoms with E-state index in [9.17, 15) is 19.0 Å². The van der Waals surface area contributed by atoms with Gasteiger partial charge in [0.25, 0.3) is 0 Å². The van der Waals surface area contributed by atoms with E-state index >= 15 is 0 Å². The molecule has 0 bridgehead atoms. The van der Waals surface area contributed by atoms with Crippen LogP contribution in [0.2, 0.25) is 0 Å². The van der Waals surface area contributed by atoms with E-state index in [4.69, 9.17) is 18.5 Å². The van der Waals surface area contributed by atoms with Crippen LogP contribution in [0.15, 0.2) is 60.8 Å². The summed E-state index contributed by atoms with van der Waals surface area (Å²) in [5.41, 5.74) is 0. The number of phosphoric ester groups is 1. The van der Waals surface area contributed by atoms with Crippen LogP contribution in [-0.4, -0.2) is 42.8 Å². The number of carbonyl (C=O) groups is 2. The Morgan fingerprint density at radius 3 is 1.56 bits per heavy atom. The zero-order valence-corrected chi connectivity index (χ0v) is 32.7. The number of phosphoric acid groups is 1. The molecule has 0 amide bonds. The summed E-state index contributed by atoms with van der Waals surface area (Å²) in [5.74, 6) is -0.831. The summed E-state index contributed by atoms with van der Waals surface area (Å²) < 4.78 is 32.5. The first kappa shape index (κ1) is 47.8. The van der Waals surface area contributed by atoms with Gasteiger partial charge in [-0.2, -0.15) is 0 Å². The van der Waals surface area contributed by atoms with Crippen molar-refractivity contribution >= 4 is 19.8 Å². The lowest BCUT2D eigenvalue weighted by Crippen LogP contribution is -2.29. The Morgan fingerprint density at radius 1 is 0.560 bits per heavy atom. The van der Waals surface area contributed by atoms with Gasteiger partial charge in [0, 0.05) is 12.8 Å². The minimum atomic E-state index is -4.28. The minimum Gasteiger partial charge on any atom is -0.462 e. The molecule has 2 atom stereocenters. The van der Waals surface area contributed by atoms with Gasteiger partial charge in [0.1, 0.15) is 6.61 Å². The lowest BCUT2D eigenvalue weighted by Gasteiger charge is -2.19. The molecule has 0 aliphatic carbocycles. The fourth-order valence-electron chi connectivity index (χ4n) is 4.95. The van der Waals surface area contributed by atoms with E-state index in [-0.39, 0.29) is 32.0 Å². The molecule has 0 saturated carbocycles. The van der Waals surface area contributed by atoms with Crippen molar-refractivity contribution in [2.45, 2.75) is 168 Å². The summed E-state index contributed by atoms with van der Waals surface area (Å²) in [7, 11) is -4.28. The van der Waals surface area contributed by atoms with Crippen LogP contribution >= 0.6 is 7.82 Å². The number of rotatable bonds is 35. The van der Waals surface area contributed by atoms with Crippen molar-refractivity contribution in [1.29, 1.82) is 0 Å². The van der Waals surface area contributed by atoms with Gasteiger partial charge in [0.2, 0.25) is 0 Å². The predicted octanol–water partition coefficient (Wildman–Crippen LogP) is 12.0. The average molecular weight is 723 g/mol. The Kier molecular flexibility index (Phi) is 34.9. The maximum atomic E-state index is 12.5. The Hall–Kier alpha value is -2.25. The van der Waals surface area contributed by atoms with Crippen LogP contribution in [0.4, 0.5) is 0 Å². The van der Waals surface area contributed by atoms with Crippen molar-refractivity contribution in [2.24, 2.45) is 0 Å². The fraction of sp³-hybridized carbons (Fsp3) is 0.707. The van der Waals surface area contributed by atoms with Gasteiger partial charge >= 0.3 is 19.8 Å². The van der Waals surface area contributed by atoms with Crippen LogP contribution in [0.5, 0.6) is 0 Å². The molecule has 0 aromatic carbocycles. The highest BCUT2D eigenvalue weighted by Crippen LogP contribution is 2.43. The van der Waals surface area contributed by atoms with Crippen molar-refractivity contribution in [3.63, 3.8) is 0 Å². The molecular weight excluding hydrogens is 651 g/mol. The van der Waals surface area contributed by atoms with Crippen molar-refractivity contribution in [3.8, 4) is 0 Å². The first-order valence-corrected chi connectivity index (χ1v) is 21.1. The number of hydrogen-bond donors (Lipinski definition) is 1. The molecule has 0 aliphatic heterocycles. The monoisotopic (exact) mass is 722 g/mol. The van der Waals surface area contributed by atoms with Gasteiger partial charge in [-0.1, -0.05) is 132 Å². The highest BCUT2D eigenvalue weighted by molar-refractivity contribution is 7.47. The Labute approximate surface area is 305 Å². The van der Waals surface area contributed by atoms with Crippen LogP contribution in [0.25, 0.3) is 0 Å². The molecular formula is C41H71O8P. The molecule has 0 fully saturated rings. The molecule has 1 N–H and O–H groups in total. The zero-order valence-electron chi connectivity index (χ0n) is 31.8. The van der Waals surface area contributed by atoms with E-state index in [2.05, 4.69) is 74.6 Å². The summed E-state index contributed by atoms with van der Waals surface area (Å²) in [6.07, 6.45) is 42.7. The Morgan fingerprint density at radius 2 is 1.02 bits per heavy atom. The molecule has 50 heavy (non-hydrogen) atoms. The summed E-state index contributed by atoms with van der Waals surface area (Å²) in [5, 5.41) is 0. The average Bonchev–Trinajstić information content (AvgIpc) is 3.09. The Bertz CT molecular complexity index is 1000. The van der Waals surface area contributed by atoms with Crippen LogP contribution < -0.4 is 0 Å². The van der Waals surface area contributed by atoms with Crippen LogP contribution in [-0.2, 0) is 32.7 Å². The second kappa shape index (κ2) is 36.5. The van der Waals surface area contributed by atoms with Gasteiger partial charge in [0.05, 0.1) is 13.2 Å². The largest absolute Gasteiger partial charge is 0.472 e. The van der Waals surface area contributed by atoms with E-state index in [0.717, 1.165) is 109 Å². The fourth-order valence-corrected chi connectivity index (χ4v) is 5.71. The predicted molar refractivity (Wildman–Crippen MR) is 207 cm³/mol. The van der Waals surface area contributed by atoms with Gasteiger partial charge < -0.3 is 14.4 Å². The molecule has 0 aromatic rings. The normalized spacial score (nSPS) is 14.1. The van der Waals surface area contributed by atoms with Gasteiger partial charge in [-0.3, -0.25) is 18.6 Å².